The average Bonchev–Trinajstić information content (AvgIpc) is 2.42. The average molecular weight is 330 g/mol. The van der Waals surface area contributed by atoms with Crippen molar-refractivity contribution >= 4 is 23.2 Å². The van der Waals surface area contributed by atoms with Gasteiger partial charge in [0.2, 0.25) is 0 Å². The maximum absolute atomic E-state index is 12.5. The highest BCUT2D eigenvalue weighted by Crippen LogP contribution is 2.34. The lowest BCUT2D eigenvalue weighted by Crippen LogP contribution is -2.13. The second-order valence-corrected chi connectivity index (χ2v) is 5.07. The highest BCUT2D eigenvalue weighted by Gasteiger charge is 2.31. The molecule has 0 saturated carbocycles. The highest BCUT2D eigenvalue weighted by molar-refractivity contribution is 6.34. The maximum atomic E-state index is 12.5. The minimum Gasteiger partial charge on any atom is -0.507 e. The van der Waals surface area contributed by atoms with Crippen LogP contribution < -0.4 is 5.32 Å². The minimum absolute atomic E-state index is 0.0102. The van der Waals surface area contributed by atoms with Gasteiger partial charge in [-0.3, -0.25) is 4.79 Å². The molecule has 2 aromatic rings. The Hall–Kier alpha value is -2.21. The molecule has 116 valence electrons. The van der Waals surface area contributed by atoms with Crippen LogP contribution in [0.15, 0.2) is 36.4 Å². The molecule has 0 saturated heterocycles. The van der Waals surface area contributed by atoms with E-state index < -0.39 is 17.6 Å². The van der Waals surface area contributed by atoms with Gasteiger partial charge in [-0.15, -0.1) is 0 Å². The fourth-order valence-electron chi connectivity index (χ4n) is 1.81. The molecule has 2 N–H and O–H groups in total. The number of aryl methyl sites for hydroxylation is 1. The van der Waals surface area contributed by atoms with Crippen LogP contribution in [0.25, 0.3) is 0 Å². The number of carbonyl (C=O) groups is 1. The van der Waals surface area contributed by atoms with Gasteiger partial charge in [0, 0.05) is 0 Å². The number of nitrogens with one attached hydrogen (secondary N) is 1. The van der Waals surface area contributed by atoms with Crippen molar-refractivity contribution in [3.8, 4) is 5.75 Å². The van der Waals surface area contributed by atoms with Gasteiger partial charge in [0.1, 0.15) is 5.75 Å². The Labute approximate surface area is 129 Å². The summed E-state index contributed by atoms with van der Waals surface area (Å²) in [6.45, 7) is 1.74. The van der Waals surface area contributed by atoms with E-state index in [1.807, 2.05) is 0 Å². The molecule has 0 aliphatic heterocycles. The molecule has 0 radical (unpaired) electrons. The van der Waals surface area contributed by atoms with Crippen LogP contribution >= 0.6 is 11.6 Å². The van der Waals surface area contributed by atoms with E-state index in [-0.39, 0.29) is 22.0 Å². The SMILES string of the molecule is Cc1ccc(O)c(C(=O)Nc2ccc(C(F)(F)F)cc2Cl)c1. The first-order valence-corrected chi connectivity index (χ1v) is 6.54. The third-order valence-corrected chi connectivity index (χ3v) is 3.25. The Bertz CT molecular complexity index is 729. The van der Waals surface area contributed by atoms with Crippen LogP contribution in [-0.2, 0) is 6.18 Å². The Morgan fingerprint density at radius 2 is 1.86 bits per heavy atom. The molecule has 2 rings (SSSR count). The molecule has 0 atom stereocenters. The summed E-state index contributed by atoms with van der Waals surface area (Å²) < 4.78 is 37.6. The van der Waals surface area contributed by atoms with Crippen LogP contribution in [0.1, 0.15) is 21.5 Å². The number of carbonyl (C=O) groups excluding carboxylic acids is 1. The lowest BCUT2D eigenvalue weighted by molar-refractivity contribution is -0.137. The maximum Gasteiger partial charge on any atom is 0.416 e. The Morgan fingerprint density at radius 1 is 1.18 bits per heavy atom. The normalized spacial score (nSPS) is 11.3. The van der Waals surface area contributed by atoms with Gasteiger partial charge in [-0.1, -0.05) is 23.2 Å². The molecule has 0 spiro atoms. The van der Waals surface area contributed by atoms with E-state index in [0.29, 0.717) is 0 Å². The van der Waals surface area contributed by atoms with Crippen molar-refractivity contribution in [3.63, 3.8) is 0 Å². The van der Waals surface area contributed by atoms with Crippen molar-refractivity contribution in [2.45, 2.75) is 13.1 Å². The Morgan fingerprint density at radius 3 is 2.45 bits per heavy atom. The Kier molecular flexibility index (Phi) is 4.32. The van der Waals surface area contributed by atoms with Crippen molar-refractivity contribution in [1.29, 1.82) is 0 Å². The van der Waals surface area contributed by atoms with E-state index in [4.69, 9.17) is 11.6 Å². The van der Waals surface area contributed by atoms with Gasteiger partial charge >= 0.3 is 6.18 Å². The van der Waals surface area contributed by atoms with Gasteiger partial charge < -0.3 is 10.4 Å². The smallest absolute Gasteiger partial charge is 0.416 e. The van der Waals surface area contributed by atoms with Gasteiger partial charge in [0.05, 0.1) is 21.8 Å². The first-order chi connectivity index (χ1) is 10.2. The van der Waals surface area contributed by atoms with Crippen molar-refractivity contribution in [3.05, 3.63) is 58.1 Å². The molecule has 7 heteroatoms. The molecule has 1 amide bonds. The molecule has 0 aromatic heterocycles. The highest BCUT2D eigenvalue weighted by atomic mass is 35.5. The number of benzene rings is 2. The first kappa shape index (κ1) is 16.2. The lowest BCUT2D eigenvalue weighted by Gasteiger charge is -2.12. The number of hydrogen-bond acceptors (Lipinski definition) is 2. The molecule has 0 aliphatic carbocycles. The summed E-state index contributed by atoms with van der Waals surface area (Å²) in [5, 5.41) is 11.8. The summed E-state index contributed by atoms with van der Waals surface area (Å²) in [6, 6.07) is 7.05. The van der Waals surface area contributed by atoms with Crippen LogP contribution in [0.2, 0.25) is 5.02 Å². The number of aromatic hydroxyl groups is 1. The number of rotatable bonds is 2. The second-order valence-electron chi connectivity index (χ2n) is 4.67. The fraction of sp³-hybridized carbons (Fsp3) is 0.133. The topological polar surface area (TPSA) is 49.3 Å². The third kappa shape index (κ3) is 3.51. The molecule has 0 bridgehead atoms. The van der Waals surface area contributed by atoms with Gasteiger partial charge in [0.25, 0.3) is 5.91 Å². The van der Waals surface area contributed by atoms with Gasteiger partial charge in [0.15, 0.2) is 0 Å². The number of hydrogen-bond donors (Lipinski definition) is 2. The summed E-state index contributed by atoms with van der Waals surface area (Å²) in [6.07, 6.45) is -4.51. The number of halogens is 4. The van der Waals surface area contributed by atoms with Crippen LogP contribution in [0, 0.1) is 6.92 Å². The molecular formula is C15H11ClF3NO2. The van der Waals surface area contributed by atoms with Crippen molar-refractivity contribution < 1.29 is 23.1 Å². The molecule has 0 aliphatic rings. The molecule has 2 aromatic carbocycles. The molecule has 0 unspecified atom stereocenters. The van der Waals surface area contributed by atoms with Gasteiger partial charge in [-0.25, -0.2) is 0 Å². The first-order valence-electron chi connectivity index (χ1n) is 6.16. The number of amides is 1. The summed E-state index contributed by atoms with van der Waals surface area (Å²) in [5.41, 5.74) is -0.119. The minimum atomic E-state index is -4.51. The number of phenolic OH excluding ortho intramolecular Hbond substituents is 1. The van der Waals surface area contributed by atoms with Gasteiger partial charge in [-0.05, 0) is 37.3 Å². The zero-order valence-corrected chi connectivity index (χ0v) is 12.1. The quantitative estimate of drug-likeness (QED) is 0.844. The van der Waals surface area contributed by atoms with Crippen molar-refractivity contribution in [2.75, 3.05) is 5.32 Å². The standard InChI is InChI=1S/C15H11ClF3NO2/c1-8-2-5-13(21)10(6-8)14(22)20-12-4-3-9(7-11(12)16)15(17,18)19/h2-7,21H,1H3,(H,20,22). The van der Waals surface area contributed by atoms with Gasteiger partial charge in [-0.2, -0.15) is 13.2 Å². The van der Waals surface area contributed by atoms with Crippen molar-refractivity contribution in [2.24, 2.45) is 0 Å². The zero-order valence-electron chi connectivity index (χ0n) is 11.3. The van der Waals surface area contributed by atoms with E-state index in [9.17, 15) is 23.1 Å². The van der Waals surface area contributed by atoms with E-state index in [1.165, 1.54) is 12.1 Å². The molecule has 3 nitrogen and oxygen atoms in total. The summed E-state index contributed by atoms with van der Waals surface area (Å²) >= 11 is 5.76. The molecular weight excluding hydrogens is 319 g/mol. The summed E-state index contributed by atoms with van der Waals surface area (Å²) in [5.74, 6) is -0.894. The van der Waals surface area contributed by atoms with Crippen LogP contribution in [0.3, 0.4) is 0 Å². The monoisotopic (exact) mass is 329 g/mol. The molecule has 0 fully saturated rings. The summed E-state index contributed by atoms with van der Waals surface area (Å²) in [4.78, 5) is 12.1. The largest absolute Gasteiger partial charge is 0.507 e. The van der Waals surface area contributed by atoms with Crippen molar-refractivity contribution in [1.82, 2.24) is 0 Å². The number of phenols is 1. The van der Waals surface area contributed by atoms with E-state index in [1.54, 1.807) is 13.0 Å². The molecule has 0 heterocycles. The predicted molar refractivity (Wildman–Crippen MR) is 77.3 cm³/mol. The fourth-order valence-corrected chi connectivity index (χ4v) is 2.04. The van der Waals surface area contributed by atoms with Crippen LogP contribution in [-0.4, -0.2) is 11.0 Å². The van der Waals surface area contributed by atoms with E-state index in [0.717, 1.165) is 23.8 Å². The van der Waals surface area contributed by atoms with E-state index >= 15 is 0 Å². The number of anilines is 1. The third-order valence-electron chi connectivity index (χ3n) is 2.94. The predicted octanol–water partition coefficient (Wildman–Crippen LogP) is 4.63. The van der Waals surface area contributed by atoms with E-state index in [2.05, 4.69) is 5.32 Å². The van der Waals surface area contributed by atoms with Crippen LogP contribution in [0.4, 0.5) is 18.9 Å². The van der Waals surface area contributed by atoms with Crippen LogP contribution in [0.5, 0.6) is 5.75 Å². The lowest BCUT2D eigenvalue weighted by atomic mass is 10.1. The second kappa shape index (κ2) is 5.88. The molecule has 22 heavy (non-hydrogen) atoms. The Balaban J connectivity index is 2.27. The summed E-state index contributed by atoms with van der Waals surface area (Å²) in [7, 11) is 0. The number of alkyl halides is 3. The zero-order chi connectivity index (χ0) is 16.5.